The van der Waals surface area contributed by atoms with Gasteiger partial charge in [0.25, 0.3) is 0 Å². The van der Waals surface area contributed by atoms with Crippen LogP contribution in [0.1, 0.15) is 17.0 Å². The van der Waals surface area contributed by atoms with Crippen molar-refractivity contribution in [2.45, 2.75) is 12.0 Å². The Bertz CT molecular complexity index is 1340. The van der Waals surface area contributed by atoms with Crippen molar-refractivity contribution in [1.82, 2.24) is 15.0 Å². The van der Waals surface area contributed by atoms with E-state index in [-0.39, 0.29) is 11.5 Å². The van der Waals surface area contributed by atoms with Crippen LogP contribution in [0.4, 0.5) is 5.95 Å². The molecule has 1 aromatic carbocycles. The molecule has 7 heteroatoms. The summed E-state index contributed by atoms with van der Waals surface area (Å²) in [4.78, 5) is 18.2. The first-order valence-electron chi connectivity index (χ1n) is 9.38. The lowest BCUT2D eigenvalue weighted by Gasteiger charge is -2.25. The number of pyridine rings is 1. The van der Waals surface area contributed by atoms with E-state index in [0.29, 0.717) is 23.6 Å². The van der Waals surface area contributed by atoms with Crippen LogP contribution in [0.25, 0.3) is 22.4 Å². The zero-order chi connectivity index (χ0) is 20.6. The summed E-state index contributed by atoms with van der Waals surface area (Å²) >= 11 is 0. The summed E-state index contributed by atoms with van der Waals surface area (Å²) in [5.74, 6) is 0.503. The van der Waals surface area contributed by atoms with Gasteiger partial charge in [-0.2, -0.15) is 5.26 Å². The molecule has 0 radical (unpaired) electrons. The van der Waals surface area contributed by atoms with Crippen molar-refractivity contribution in [1.29, 1.82) is 5.26 Å². The van der Waals surface area contributed by atoms with Crippen LogP contribution in [-0.4, -0.2) is 21.2 Å². The third-order valence-corrected chi connectivity index (χ3v) is 5.07. The fourth-order valence-electron chi connectivity index (χ4n) is 3.72. The number of nitrogen functional groups attached to an aromatic ring is 1. The number of aromatic nitrogens is 3. The van der Waals surface area contributed by atoms with Crippen LogP contribution in [0.5, 0.6) is 0 Å². The molecule has 30 heavy (non-hydrogen) atoms. The predicted molar refractivity (Wildman–Crippen MR) is 114 cm³/mol. The second kappa shape index (κ2) is 6.94. The monoisotopic (exact) mass is 392 g/mol. The Morgan fingerprint density at radius 1 is 1.03 bits per heavy atom. The van der Waals surface area contributed by atoms with E-state index in [1.807, 2.05) is 48.6 Å². The van der Waals surface area contributed by atoms with Gasteiger partial charge in [-0.15, -0.1) is 0 Å². The second-order valence-electron chi connectivity index (χ2n) is 6.98. The number of aliphatic imine (C=N–C) groups is 1. The SMILES string of the molecule is N#Cc1c(-c2ccco2)nc(N)nc1C1(Cc2ccc3ccccc3n2)C=CC=N1. The number of nitriles is 1. The average molecular weight is 392 g/mol. The number of hydrogen-bond acceptors (Lipinski definition) is 7. The number of rotatable bonds is 4. The van der Waals surface area contributed by atoms with Crippen molar-refractivity contribution in [2.24, 2.45) is 4.99 Å². The third kappa shape index (κ3) is 2.91. The molecular weight excluding hydrogens is 376 g/mol. The number of nitrogens with zero attached hydrogens (tertiary/aromatic N) is 5. The van der Waals surface area contributed by atoms with Gasteiger partial charge in [0.05, 0.1) is 17.5 Å². The number of nitrogens with two attached hydrogens (primary N) is 1. The van der Waals surface area contributed by atoms with Gasteiger partial charge in [-0.25, -0.2) is 9.97 Å². The second-order valence-corrected chi connectivity index (χ2v) is 6.98. The first-order valence-corrected chi connectivity index (χ1v) is 9.38. The standard InChI is InChI=1S/C23H16N6O/c24-14-17-20(19-7-3-12-30-19)28-22(25)29-21(17)23(10-4-11-26-23)13-16-9-8-15-5-1-2-6-18(15)27-16/h1-12H,13H2,(H2,25,28,29). The molecular formula is C23H16N6O. The predicted octanol–water partition coefficient (Wildman–Crippen LogP) is 3.82. The Morgan fingerprint density at radius 2 is 1.93 bits per heavy atom. The smallest absolute Gasteiger partial charge is 0.221 e. The molecule has 0 fully saturated rings. The molecule has 144 valence electrons. The third-order valence-electron chi connectivity index (χ3n) is 5.07. The maximum Gasteiger partial charge on any atom is 0.221 e. The van der Waals surface area contributed by atoms with Gasteiger partial charge in [-0.1, -0.05) is 24.3 Å². The highest BCUT2D eigenvalue weighted by atomic mass is 16.3. The van der Waals surface area contributed by atoms with Gasteiger partial charge in [0, 0.05) is 23.7 Å². The number of hydrogen-bond donors (Lipinski definition) is 1. The molecule has 0 saturated heterocycles. The molecule has 4 heterocycles. The van der Waals surface area contributed by atoms with Gasteiger partial charge >= 0.3 is 0 Å². The van der Waals surface area contributed by atoms with Crippen LogP contribution in [0.15, 0.2) is 76.4 Å². The Morgan fingerprint density at radius 3 is 2.70 bits per heavy atom. The number of furan rings is 1. The Balaban J connectivity index is 1.67. The lowest BCUT2D eigenvalue weighted by atomic mass is 9.87. The lowest BCUT2D eigenvalue weighted by molar-refractivity contribution is 0.542. The zero-order valence-electron chi connectivity index (χ0n) is 15.9. The number of allylic oxidation sites excluding steroid dienone is 1. The number of benzene rings is 1. The fourth-order valence-corrected chi connectivity index (χ4v) is 3.72. The summed E-state index contributed by atoms with van der Waals surface area (Å²) < 4.78 is 5.47. The van der Waals surface area contributed by atoms with Gasteiger partial charge in [-0.05, 0) is 36.4 Å². The summed E-state index contributed by atoms with van der Waals surface area (Å²) in [6.07, 6.45) is 7.41. The van der Waals surface area contributed by atoms with Gasteiger partial charge in [0.15, 0.2) is 5.76 Å². The Kier molecular flexibility index (Phi) is 4.11. The van der Waals surface area contributed by atoms with Crippen LogP contribution >= 0.6 is 0 Å². The molecule has 5 rings (SSSR count). The van der Waals surface area contributed by atoms with Gasteiger partial charge in [-0.3, -0.25) is 9.98 Å². The molecule has 0 saturated carbocycles. The van der Waals surface area contributed by atoms with E-state index in [0.717, 1.165) is 16.6 Å². The molecule has 2 N–H and O–H groups in total. The molecule has 1 aliphatic heterocycles. The molecule has 0 bridgehead atoms. The Hall–Kier alpha value is -4.31. The van der Waals surface area contributed by atoms with E-state index < -0.39 is 5.54 Å². The molecule has 0 spiro atoms. The zero-order valence-corrected chi connectivity index (χ0v) is 15.9. The molecule has 1 aliphatic rings. The number of para-hydroxylation sites is 1. The summed E-state index contributed by atoms with van der Waals surface area (Å²) in [7, 11) is 0. The van der Waals surface area contributed by atoms with Crippen LogP contribution in [0.3, 0.4) is 0 Å². The summed E-state index contributed by atoms with van der Waals surface area (Å²) in [6.45, 7) is 0. The first-order chi connectivity index (χ1) is 14.7. The fraction of sp³-hybridized carbons (Fsp3) is 0.0870. The van der Waals surface area contributed by atoms with E-state index >= 15 is 0 Å². The van der Waals surface area contributed by atoms with Crippen molar-refractivity contribution in [3.63, 3.8) is 0 Å². The van der Waals surface area contributed by atoms with Crippen molar-refractivity contribution in [3.8, 4) is 17.5 Å². The minimum atomic E-state index is -0.904. The molecule has 0 amide bonds. The maximum atomic E-state index is 9.97. The minimum absolute atomic E-state index is 0.0525. The highest BCUT2D eigenvalue weighted by Crippen LogP contribution is 2.38. The summed E-state index contributed by atoms with van der Waals surface area (Å²) in [5, 5.41) is 11.0. The van der Waals surface area contributed by atoms with Gasteiger partial charge in [0.2, 0.25) is 5.95 Å². The quantitative estimate of drug-likeness (QED) is 0.565. The lowest BCUT2D eigenvalue weighted by Crippen LogP contribution is -2.27. The maximum absolute atomic E-state index is 9.97. The molecule has 4 aromatic rings. The Labute approximate surface area is 172 Å². The molecule has 7 nitrogen and oxygen atoms in total. The largest absolute Gasteiger partial charge is 0.463 e. The van der Waals surface area contributed by atoms with Crippen molar-refractivity contribution in [2.75, 3.05) is 5.73 Å². The van der Waals surface area contributed by atoms with E-state index in [1.165, 1.54) is 6.26 Å². The average Bonchev–Trinajstić information content (AvgIpc) is 3.46. The van der Waals surface area contributed by atoms with Crippen LogP contribution in [-0.2, 0) is 12.0 Å². The first kappa shape index (κ1) is 17.8. The molecule has 0 aliphatic carbocycles. The molecule has 3 aromatic heterocycles. The van der Waals surface area contributed by atoms with Crippen LogP contribution in [0, 0.1) is 11.3 Å². The number of anilines is 1. The van der Waals surface area contributed by atoms with E-state index in [2.05, 4.69) is 21.0 Å². The summed E-state index contributed by atoms with van der Waals surface area (Å²) in [6, 6.07) is 17.6. The van der Waals surface area contributed by atoms with E-state index in [9.17, 15) is 5.26 Å². The topological polar surface area (TPSA) is 114 Å². The summed E-state index contributed by atoms with van der Waals surface area (Å²) in [5.41, 5.74) is 7.91. The van der Waals surface area contributed by atoms with Gasteiger partial charge in [0.1, 0.15) is 22.9 Å². The highest BCUT2D eigenvalue weighted by Gasteiger charge is 2.37. The van der Waals surface area contributed by atoms with Gasteiger partial charge < -0.3 is 10.2 Å². The highest BCUT2D eigenvalue weighted by molar-refractivity contribution is 5.79. The van der Waals surface area contributed by atoms with E-state index in [4.69, 9.17) is 15.1 Å². The van der Waals surface area contributed by atoms with Crippen LogP contribution in [0.2, 0.25) is 0 Å². The normalized spacial score (nSPS) is 17.4. The molecule has 1 atom stereocenters. The minimum Gasteiger partial charge on any atom is -0.463 e. The van der Waals surface area contributed by atoms with Crippen molar-refractivity contribution < 1.29 is 4.42 Å². The van der Waals surface area contributed by atoms with Crippen molar-refractivity contribution >= 4 is 23.1 Å². The van der Waals surface area contributed by atoms with Crippen molar-refractivity contribution in [3.05, 3.63) is 83.9 Å². The van der Waals surface area contributed by atoms with Crippen LogP contribution < -0.4 is 5.73 Å². The molecule has 1 unspecified atom stereocenters. The number of fused-ring (bicyclic) bond motifs is 1. The van der Waals surface area contributed by atoms with E-state index in [1.54, 1.807) is 18.3 Å².